The first-order chi connectivity index (χ1) is 11.9. The van der Waals surface area contributed by atoms with Crippen molar-refractivity contribution in [2.24, 2.45) is 10.7 Å². The molecule has 1 aromatic heterocycles. The maximum atomic E-state index is 12.7. The zero-order valence-electron chi connectivity index (χ0n) is 14.2. The van der Waals surface area contributed by atoms with Gasteiger partial charge in [-0.3, -0.25) is 14.2 Å². The van der Waals surface area contributed by atoms with Crippen LogP contribution in [0, 0.1) is 0 Å². The van der Waals surface area contributed by atoms with Gasteiger partial charge in [0.25, 0.3) is 5.91 Å². The van der Waals surface area contributed by atoms with E-state index in [4.69, 9.17) is 15.1 Å². The number of hydrogen-bond donors (Lipinski definition) is 3. The lowest BCUT2D eigenvalue weighted by atomic mass is 10.1. The lowest BCUT2D eigenvalue weighted by Crippen LogP contribution is -2.34. The van der Waals surface area contributed by atoms with Gasteiger partial charge in [-0.1, -0.05) is 6.92 Å². The third-order valence-electron chi connectivity index (χ3n) is 3.31. The molecule has 1 aromatic rings. The molecular formula is C15H22N4O4S2. The molecule has 0 aromatic carbocycles. The van der Waals surface area contributed by atoms with Crippen molar-refractivity contribution in [2.75, 3.05) is 13.2 Å². The summed E-state index contributed by atoms with van der Waals surface area (Å²) in [6.45, 7) is 4.93. The summed E-state index contributed by atoms with van der Waals surface area (Å²) < 4.78 is 22.0. The number of hydroxylamine groups is 2. The number of rotatable bonds is 8. The number of nitrogens with zero attached hydrogens (tertiary/aromatic N) is 2. The van der Waals surface area contributed by atoms with Gasteiger partial charge in [-0.25, -0.2) is 19.0 Å². The Morgan fingerprint density at radius 2 is 2.32 bits per heavy atom. The van der Waals surface area contributed by atoms with Crippen LogP contribution in [0.3, 0.4) is 0 Å². The van der Waals surface area contributed by atoms with Gasteiger partial charge < -0.3 is 5.73 Å². The van der Waals surface area contributed by atoms with Crippen molar-refractivity contribution in [3.8, 4) is 0 Å². The van der Waals surface area contributed by atoms with Crippen LogP contribution in [0.5, 0.6) is 0 Å². The third-order valence-corrected chi connectivity index (χ3v) is 4.78. The molecule has 138 valence electrons. The van der Waals surface area contributed by atoms with Gasteiger partial charge in [0.1, 0.15) is 5.84 Å². The second kappa shape index (κ2) is 9.20. The van der Waals surface area contributed by atoms with E-state index < -0.39 is 11.3 Å². The minimum atomic E-state index is -2.08. The van der Waals surface area contributed by atoms with Crippen molar-refractivity contribution in [3.05, 3.63) is 21.4 Å². The van der Waals surface area contributed by atoms with Crippen LogP contribution < -0.4 is 10.5 Å². The fourth-order valence-electron chi connectivity index (χ4n) is 2.34. The van der Waals surface area contributed by atoms with E-state index in [9.17, 15) is 9.00 Å². The fourth-order valence-corrected chi connectivity index (χ4v) is 3.72. The lowest BCUT2D eigenvalue weighted by molar-refractivity contribution is -0.180. The third kappa shape index (κ3) is 5.44. The van der Waals surface area contributed by atoms with Crippen molar-refractivity contribution in [1.82, 2.24) is 9.79 Å². The highest BCUT2D eigenvalue weighted by molar-refractivity contribution is 7.77. The van der Waals surface area contributed by atoms with E-state index in [1.54, 1.807) is 12.1 Å². The van der Waals surface area contributed by atoms with E-state index in [0.717, 1.165) is 16.2 Å². The van der Waals surface area contributed by atoms with Crippen LogP contribution >= 0.6 is 11.3 Å². The molecule has 2 heterocycles. The van der Waals surface area contributed by atoms with E-state index in [-0.39, 0.29) is 18.9 Å². The number of nitrogens with two attached hydrogens (primary N) is 1. The molecule has 2 rings (SSSR count). The average Bonchev–Trinajstić information content (AvgIpc) is 2.85. The summed E-state index contributed by atoms with van der Waals surface area (Å²) in [6, 6.07) is 1.79. The van der Waals surface area contributed by atoms with Crippen LogP contribution in [-0.4, -0.2) is 38.7 Å². The molecule has 0 aliphatic carbocycles. The van der Waals surface area contributed by atoms with Gasteiger partial charge in [-0.05, 0) is 25.5 Å². The molecule has 0 fully saturated rings. The molecule has 0 spiro atoms. The second-order valence-corrected chi connectivity index (χ2v) is 7.26. The quantitative estimate of drug-likeness (QED) is 0.466. The highest BCUT2D eigenvalue weighted by Gasteiger charge is 2.22. The topological polar surface area (TPSA) is 117 Å². The van der Waals surface area contributed by atoms with Crippen LogP contribution in [0.1, 0.15) is 36.4 Å². The van der Waals surface area contributed by atoms with E-state index in [1.165, 1.54) is 16.4 Å². The number of aliphatic imine (C=N–C) groups is 1. The second-order valence-electron chi connectivity index (χ2n) is 5.31. The largest absolute Gasteiger partial charge is 0.387 e. The predicted octanol–water partition coefficient (Wildman–Crippen LogP) is 1.94. The van der Waals surface area contributed by atoms with Crippen molar-refractivity contribution < 1.29 is 18.4 Å². The van der Waals surface area contributed by atoms with Gasteiger partial charge in [0.15, 0.2) is 0 Å². The first-order valence-electron chi connectivity index (χ1n) is 7.90. The van der Waals surface area contributed by atoms with Crippen LogP contribution in [0.25, 0.3) is 6.08 Å². The number of carbonyl (C=O) groups is 1. The normalized spacial score (nSPS) is 15.0. The minimum Gasteiger partial charge on any atom is -0.387 e. The van der Waals surface area contributed by atoms with Gasteiger partial charge in [-0.2, -0.15) is 0 Å². The Hall–Kier alpha value is -1.59. The summed E-state index contributed by atoms with van der Waals surface area (Å²) in [7, 11) is 0. The predicted molar refractivity (Wildman–Crippen MR) is 99.4 cm³/mol. The lowest BCUT2D eigenvalue weighted by Gasteiger charge is -2.21. The maximum absolute atomic E-state index is 12.7. The molecule has 0 saturated heterocycles. The number of nitrogens with one attached hydrogen (secondary N) is 1. The zero-order valence-corrected chi connectivity index (χ0v) is 15.8. The molecule has 25 heavy (non-hydrogen) atoms. The van der Waals surface area contributed by atoms with Crippen molar-refractivity contribution >= 4 is 46.1 Å². The number of amidine groups is 1. The molecular weight excluding hydrogens is 364 g/mol. The highest BCUT2D eigenvalue weighted by atomic mass is 32.2. The summed E-state index contributed by atoms with van der Waals surface area (Å²) in [6.07, 6.45) is 2.80. The van der Waals surface area contributed by atoms with Crippen LogP contribution in [0.15, 0.2) is 16.6 Å². The van der Waals surface area contributed by atoms with Crippen LogP contribution in [-0.2, 0) is 27.4 Å². The smallest absolute Gasteiger partial charge is 0.273 e. The van der Waals surface area contributed by atoms with Gasteiger partial charge in [0.05, 0.1) is 17.2 Å². The number of carbonyl (C=O) groups excluding carboxylic acids is 1. The minimum absolute atomic E-state index is 0.223. The number of fused-ring (bicyclic) bond motifs is 1. The number of thiophene rings is 1. The van der Waals surface area contributed by atoms with E-state index >= 15 is 0 Å². The molecule has 1 atom stereocenters. The van der Waals surface area contributed by atoms with E-state index in [1.807, 2.05) is 13.8 Å². The molecule has 0 radical (unpaired) electrons. The summed E-state index contributed by atoms with van der Waals surface area (Å²) in [4.78, 5) is 24.1. The van der Waals surface area contributed by atoms with Crippen LogP contribution in [0.4, 0.5) is 5.69 Å². The van der Waals surface area contributed by atoms with Crippen LogP contribution in [0.2, 0.25) is 0 Å². The summed E-state index contributed by atoms with van der Waals surface area (Å²) in [5.74, 6) is 0.119. The fraction of sp³-hybridized carbons (Fsp3) is 0.467. The molecule has 1 amide bonds. The van der Waals surface area contributed by atoms with Gasteiger partial charge in [0, 0.05) is 30.0 Å². The van der Waals surface area contributed by atoms with Crippen molar-refractivity contribution in [2.45, 2.75) is 33.2 Å². The Morgan fingerprint density at radius 3 is 2.96 bits per heavy atom. The molecule has 8 nitrogen and oxygen atoms in total. The molecule has 4 N–H and O–H groups in total. The van der Waals surface area contributed by atoms with E-state index in [2.05, 4.69) is 9.71 Å². The first-order valence-corrected chi connectivity index (χ1v) is 9.82. The van der Waals surface area contributed by atoms with E-state index in [0.29, 0.717) is 30.2 Å². The highest BCUT2D eigenvalue weighted by Crippen LogP contribution is 2.34. The Balaban J connectivity index is 2.28. The first kappa shape index (κ1) is 19.7. The van der Waals surface area contributed by atoms with Crippen molar-refractivity contribution in [3.63, 3.8) is 0 Å². The average molecular weight is 386 g/mol. The number of hydrogen-bond acceptors (Lipinski definition) is 6. The zero-order chi connectivity index (χ0) is 18.4. The van der Waals surface area contributed by atoms with Crippen molar-refractivity contribution in [1.29, 1.82) is 0 Å². The number of amides is 1. The summed E-state index contributed by atoms with van der Waals surface area (Å²) >= 11 is -0.690. The standard InChI is InChI=1S/C15H22N4O4S2/c1-3-5-19(23-4-2)15(20)10-6-13-12(18-14(16)7-10)8-11(24-13)9-17-25(21)22/h6,8,17H,3-5,7,9H2,1-2H3,(H2,16,18)(H,21,22). The molecule has 1 aliphatic heterocycles. The van der Waals surface area contributed by atoms with Gasteiger partial charge in [-0.15, -0.1) is 11.3 Å². The maximum Gasteiger partial charge on any atom is 0.273 e. The molecule has 0 bridgehead atoms. The molecule has 1 aliphatic rings. The molecule has 10 heteroatoms. The Morgan fingerprint density at radius 1 is 1.56 bits per heavy atom. The summed E-state index contributed by atoms with van der Waals surface area (Å²) in [5.41, 5.74) is 7.12. The SMILES string of the molecule is CCCN(OCC)C(=O)C1=Cc2sc(CNS(=O)O)cc2N=C(N)C1. The Bertz CT molecular complexity index is 708. The van der Waals surface area contributed by atoms with Gasteiger partial charge in [0.2, 0.25) is 11.3 Å². The van der Waals surface area contributed by atoms with Gasteiger partial charge >= 0.3 is 0 Å². The Kier molecular flexibility index (Phi) is 7.26. The summed E-state index contributed by atoms with van der Waals surface area (Å²) in [5, 5.41) is 1.36. The Labute approximate surface area is 153 Å². The molecule has 0 saturated carbocycles. The monoisotopic (exact) mass is 386 g/mol. The molecule has 1 unspecified atom stereocenters.